The van der Waals surface area contributed by atoms with Crippen LogP contribution >= 0.6 is 0 Å². The summed E-state index contributed by atoms with van der Waals surface area (Å²) in [5.74, 6) is 2.61. The van der Waals surface area contributed by atoms with Gasteiger partial charge in [-0.05, 0) is 293 Å². The van der Waals surface area contributed by atoms with Crippen molar-refractivity contribution in [1.82, 2.24) is 0 Å². The number of ether oxygens (including phenoxy) is 13. The van der Waals surface area contributed by atoms with Gasteiger partial charge in [-0.3, -0.25) is 0 Å². The molecule has 24 nitrogen and oxygen atoms in total. The van der Waals surface area contributed by atoms with Crippen LogP contribution in [0.3, 0.4) is 0 Å². The number of nitrogens with zero attached hydrogens (tertiary/aromatic N) is 4. The van der Waals surface area contributed by atoms with Crippen molar-refractivity contribution >= 4 is 41.8 Å². The van der Waals surface area contributed by atoms with Gasteiger partial charge in [0, 0.05) is 36.8 Å². The molecular weight excluding hydrogens is 1720 g/mol. The van der Waals surface area contributed by atoms with E-state index in [2.05, 4.69) is 51.1 Å². The third-order valence-corrected chi connectivity index (χ3v) is 19.8. The molecule has 10 aromatic rings. The van der Waals surface area contributed by atoms with Crippen LogP contribution < -0.4 is 37.9 Å². The fourth-order valence-corrected chi connectivity index (χ4v) is 12.3. The first-order valence-corrected chi connectivity index (χ1v) is 45.1. The maximum atomic E-state index is 12.2. The third-order valence-electron chi connectivity index (χ3n) is 19.8. The number of carbonyl (C=O) groups is 7. The molecule has 0 fully saturated rings. The van der Waals surface area contributed by atoms with Crippen LogP contribution in [0.25, 0.3) is 33.4 Å². The molecule has 706 valence electrons. The fourth-order valence-electron chi connectivity index (χ4n) is 12.3. The number of hydrogen-bond donors (Lipinski definition) is 0. The van der Waals surface area contributed by atoms with Gasteiger partial charge < -0.3 is 61.6 Å². The van der Waals surface area contributed by atoms with E-state index in [1.807, 2.05) is 140 Å². The second kappa shape index (κ2) is 67.2. The molecule has 0 bridgehead atoms. The Balaban J connectivity index is 0.000000262. The summed E-state index contributed by atoms with van der Waals surface area (Å²) in [7, 11) is 1.58. The van der Waals surface area contributed by atoms with Gasteiger partial charge in [-0.25, -0.2) is 33.6 Å². The highest BCUT2D eigenvalue weighted by Crippen LogP contribution is 2.28. The van der Waals surface area contributed by atoms with Crippen molar-refractivity contribution in [2.45, 2.75) is 128 Å². The van der Waals surface area contributed by atoms with Gasteiger partial charge in [0.05, 0.1) is 131 Å². The first-order chi connectivity index (χ1) is 66.4. The first kappa shape index (κ1) is 109. The zero-order valence-electron chi connectivity index (χ0n) is 77.2. The molecule has 24 heteroatoms. The molecule has 0 aromatic heterocycles. The molecule has 0 saturated carbocycles. The Morgan fingerprint density at radius 1 is 0.221 bits per heavy atom. The summed E-state index contributed by atoms with van der Waals surface area (Å²) < 4.78 is 68.8. The number of carbonyl (C=O) groups excluding carboxylic acids is 7. The van der Waals surface area contributed by atoms with E-state index in [1.165, 1.54) is 31.4 Å². The fraction of sp³-hybridized carbons (Fsp3) is 0.277. The van der Waals surface area contributed by atoms with Crippen LogP contribution in [-0.4, -0.2) is 115 Å². The number of nitriles is 4. The van der Waals surface area contributed by atoms with Crippen molar-refractivity contribution in [2.75, 3.05) is 73.2 Å². The highest BCUT2D eigenvalue weighted by atomic mass is 16.6. The molecule has 0 heterocycles. The van der Waals surface area contributed by atoms with E-state index < -0.39 is 23.9 Å². The van der Waals surface area contributed by atoms with Crippen LogP contribution in [-0.2, 0) is 47.7 Å². The van der Waals surface area contributed by atoms with E-state index in [0.29, 0.717) is 128 Å². The molecule has 0 spiro atoms. The number of unbranched alkanes of at least 4 members (excludes halogenated alkanes) is 15. The third kappa shape index (κ3) is 46.2. The minimum absolute atomic E-state index is 0.314. The minimum atomic E-state index is -0.474. The minimum Gasteiger partial charge on any atom is -0.497 e. The second-order valence-electron chi connectivity index (χ2n) is 30.0. The summed E-state index contributed by atoms with van der Waals surface area (Å²) in [5.41, 5.74) is 9.81. The van der Waals surface area contributed by atoms with Crippen molar-refractivity contribution in [3.63, 3.8) is 0 Å². The lowest BCUT2D eigenvalue weighted by Gasteiger charge is -2.08. The Morgan fingerprint density at radius 2 is 0.390 bits per heavy atom. The average molecular weight is 1840 g/mol. The number of hydrogen-bond acceptors (Lipinski definition) is 24. The normalized spacial score (nSPS) is 9.98. The smallest absolute Gasteiger partial charge is 0.343 e. The lowest BCUT2D eigenvalue weighted by Crippen LogP contribution is -2.08. The quantitative estimate of drug-likeness (QED) is 0.0112. The van der Waals surface area contributed by atoms with Crippen molar-refractivity contribution in [2.24, 2.45) is 0 Å². The Morgan fingerprint density at radius 3 is 0.610 bits per heavy atom. The topological polar surface area (TPSA) is 335 Å². The summed E-state index contributed by atoms with van der Waals surface area (Å²) in [6.07, 6.45) is 25.4. The standard InChI is InChI=1S/C25H29NO3.C23H23NO5.C23H26O6.C22H23NO3.C19H17NO3/c1-2-25(27)29-19-9-7-5-3-4-6-8-18-28-24-16-14-23(15-17-24)22-12-10-21(20-26)11-13-22;1-2-22(25)28-16-6-4-3-5-15-27-20-13-9-19(10-14-20)23(26)29-21-11-7-18(17-24)8-12-21;1-3-22(24)28-17-7-5-4-6-16-27-20-10-8-18(9-11-20)23(25)29-21-14-12-19(26-2)13-15-21;1-2-22(24)26-16-6-4-3-5-15-25-21-13-11-20(12-14-21)19-9-7-18(17-23)8-10-19;1-2-19(21)23-13-3-12-22-18-10-8-17(9-11-18)16-6-4-15(14-20)5-7-16/h2,10-17H,1,3-9,18-19H2;2,7-14H,1,3-6,15-16H2;3,8-15H,1,4-7,16-17H2,2H3;2,7-14H,1,3-6,15-16H2;2,4-11H,1,3,12-13H2. The van der Waals surface area contributed by atoms with Gasteiger partial charge in [0.2, 0.25) is 0 Å². The van der Waals surface area contributed by atoms with E-state index in [0.717, 1.165) is 178 Å². The first-order valence-electron chi connectivity index (χ1n) is 45.1. The number of benzene rings is 10. The SMILES string of the molecule is C=CC(=O)OCCCCCCCCCOc1ccc(-c2ccc(C#N)cc2)cc1.C=CC(=O)OCCCCCCOc1ccc(-c2ccc(C#N)cc2)cc1.C=CC(=O)OCCCCCCOc1ccc(C(=O)Oc2ccc(C#N)cc2)cc1.C=CC(=O)OCCCCCCOc1ccc(C(=O)Oc2ccc(OC)cc2)cc1.C=CC(=O)OCCCOc1ccc(-c2ccc(C#N)cc2)cc1. The lowest BCUT2D eigenvalue weighted by atomic mass is 10.0. The number of esters is 7. The Hall–Kier alpha value is -16.1. The summed E-state index contributed by atoms with van der Waals surface area (Å²) >= 11 is 0. The Labute approximate surface area is 798 Å². The molecule has 0 radical (unpaired) electrons. The highest BCUT2D eigenvalue weighted by Gasteiger charge is 2.14. The van der Waals surface area contributed by atoms with E-state index >= 15 is 0 Å². The van der Waals surface area contributed by atoms with Gasteiger partial charge in [-0.15, -0.1) is 0 Å². The largest absolute Gasteiger partial charge is 0.497 e. The maximum absolute atomic E-state index is 12.2. The zero-order valence-corrected chi connectivity index (χ0v) is 77.2. The van der Waals surface area contributed by atoms with Crippen LogP contribution in [0, 0.1) is 45.3 Å². The number of methoxy groups -OCH3 is 1. The lowest BCUT2D eigenvalue weighted by molar-refractivity contribution is -0.138. The van der Waals surface area contributed by atoms with Crippen LogP contribution in [0.4, 0.5) is 0 Å². The molecule has 10 aromatic carbocycles. The van der Waals surface area contributed by atoms with Crippen molar-refractivity contribution < 1.29 is 95.1 Å². The number of rotatable bonds is 53. The van der Waals surface area contributed by atoms with Gasteiger partial charge in [0.15, 0.2) is 0 Å². The maximum Gasteiger partial charge on any atom is 0.343 e. The molecule has 0 unspecified atom stereocenters. The van der Waals surface area contributed by atoms with Gasteiger partial charge in [0.1, 0.15) is 46.0 Å². The van der Waals surface area contributed by atoms with E-state index in [4.69, 9.17) is 82.6 Å². The highest BCUT2D eigenvalue weighted by molar-refractivity contribution is 5.92. The zero-order chi connectivity index (χ0) is 97.6. The predicted molar refractivity (Wildman–Crippen MR) is 522 cm³/mol. The monoisotopic (exact) mass is 1840 g/mol. The summed E-state index contributed by atoms with van der Waals surface area (Å²) in [6, 6.07) is 81.4. The van der Waals surface area contributed by atoms with Crippen molar-refractivity contribution in [1.29, 1.82) is 21.0 Å². The molecule has 0 aliphatic carbocycles. The van der Waals surface area contributed by atoms with Gasteiger partial charge >= 0.3 is 41.8 Å². The van der Waals surface area contributed by atoms with Gasteiger partial charge in [-0.1, -0.05) is 138 Å². The van der Waals surface area contributed by atoms with Crippen molar-refractivity contribution in [3.05, 3.63) is 339 Å². The van der Waals surface area contributed by atoms with Crippen LogP contribution in [0.15, 0.2) is 306 Å². The van der Waals surface area contributed by atoms with Crippen LogP contribution in [0.5, 0.6) is 46.0 Å². The van der Waals surface area contributed by atoms with E-state index in [9.17, 15) is 33.6 Å². The van der Waals surface area contributed by atoms with Gasteiger partial charge in [-0.2, -0.15) is 21.0 Å². The van der Waals surface area contributed by atoms with Crippen LogP contribution in [0.1, 0.15) is 171 Å². The molecule has 136 heavy (non-hydrogen) atoms. The molecule has 10 rings (SSSR count). The molecule has 0 aliphatic rings. The average Bonchev–Trinajstić information content (AvgIpc) is 0.879. The molecule has 0 amide bonds. The van der Waals surface area contributed by atoms with Gasteiger partial charge in [0.25, 0.3) is 0 Å². The predicted octanol–water partition coefficient (Wildman–Crippen LogP) is 23.7. The molecule has 0 saturated heterocycles. The van der Waals surface area contributed by atoms with E-state index in [1.54, 1.807) is 116 Å². The van der Waals surface area contributed by atoms with Crippen LogP contribution in [0.2, 0.25) is 0 Å². The second-order valence-corrected chi connectivity index (χ2v) is 30.0. The van der Waals surface area contributed by atoms with E-state index in [-0.39, 0.29) is 17.9 Å². The Kier molecular flexibility index (Phi) is 53.7. The molecular formula is C112H118N4O20. The summed E-state index contributed by atoms with van der Waals surface area (Å²) in [6.45, 7) is 21.8. The summed E-state index contributed by atoms with van der Waals surface area (Å²) in [5, 5.41) is 35.3. The van der Waals surface area contributed by atoms with Crippen molar-refractivity contribution in [3.8, 4) is 104 Å². The molecule has 0 N–H and O–H groups in total. The molecule has 0 atom stereocenters. The Bertz CT molecular complexity index is 5450. The molecule has 0 aliphatic heterocycles. The summed E-state index contributed by atoms with van der Waals surface area (Å²) in [4.78, 5) is 78.8.